The van der Waals surface area contributed by atoms with E-state index in [2.05, 4.69) is 10.6 Å². The summed E-state index contributed by atoms with van der Waals surface area (Å²) in [5.41, 5.74) is 5.86. The number of rotatable bonds is 5. The van der Waals surface area contributed by atoms with Gasteiger partial charge in [0.2, 0.25) is 5.91 Å². The molecule has 2 aromatic rings. The fraction of sp³-hybridized carbons (Fsp3) is 0.333. The maximum atomic E-state index is 13.6. The lowest BCUT2D eigenvalue weighted by Crippen LogP contribution is -2.37. The van der Waals surface area contributed by atoms with E-state index in [0.29, 0.717) is 24.3 Å². The minimum Gasteiger partial charge on any atom is -0.493 e. The monoisotopic (exact) mass is 377 g/mol. The molecule has 2 atom stereocenters. The number of amides is 3. The highest BCUT2D eigenvalue weighted by Gasteiger charge is 2.24. The van der Waals surface area contributed by atoms with Crippen LogP contribution in [0.1, 0.15) is 41.8 Å². The van der Waals surface area contributed by atoms with Crippen molar-refractivity contribution in [2.75, 3.05) is 6.61 Å². The normalized spacial score (nSPS) is 17.3. The molecule has 1 aromatic carbocycles. The van der Waals surface area contributed by atoms with E-state index in [1.165, 1.54) is 23.5 Å². The SMILES string of the molecule is NC(=O)N[C@@H](CC(=O)N[C@H]1CCCOc2ccc(F)cc21)c1cccs1. The number of carbonyl (C=O) groups excluding carboxylic acids is 2. The number of ether oxygens (including phenoxy) is 1. The van der Waals surface area contributed by atoms with Gasteiger partial charge in [-0.25, -0.2) is 9.18 Å². The molecule has 0 saturated carbocycles. The summed E-state index contributed by atoms with van der Waals surface area (Å²) in [6, 6.07) is 6.47. The first-order valence-electron chi connectivity index (χ1n) is 8.34. The van der Waals surface area contributed by atoms with Gasteiger partial charge in [0.25, 0.3) is 0 Å². The van der Waals surface area contributed by atoms with E-state index in [-0.39, 0.29) is 24.2 Å². The second-order valence-corrected chi connectivity index (χ2v) is 7.05. The summed E-state index contributed by atoms with van der Waals surface area (Å²) in [5, 5.41) is 7.40. The Bertz CT molecular complexity index is 782. The summed E-state index contributed by atoms with van der Waals surface area (Å²) in [5.74, 6) is -0.0427. The lowest BCUT2D eigenvalue weighted by Gasteiger charge is -2.21. The molecule has 6 nitrogen and oxygen atoms in total. The van der Waals surface area contributed by atoms with Crippen molar-refractivity contribution in [2.24, 2.45) is 5.73 Å². The largest absolute Gasteiger partial charge is 0.493 e. The van der Waals surface area contributed by atoms with Gasteiger partial charge in [-0.1, -0.05) is 6.07 Å². The molecule has 2 heterocycles. The molecule has 0 aliphatic carbocycles. The standard InChI is InChI=1S/C18H20FN3O3S/c19-11-5-6-15-12(9-11)13(3-1-7-25-15)21-17(23)10-14(22-18(20)24)16-4-2-8-26-16/h2,4-6,8-9,13-14H,1,3,7,10H2,(H,21,23)(H3,20,22,24)/t13-,14-/m0/s1. The highest BCUT2D eigenvalue weighted by atomic mass is 32.1. The molecule has 0 unspecified atom stereocenters. The quantitative estimate of drug-likeness (QED) is 0.748. The van der Waals surface area contributed by atoms with Crippen molar-refractivity contribution in [3.8, 4) is 5.75 Å². The van der Waals surface area contributed by atoms with Crippen molar-refractivity contribution in [1.82, 2.24) is 10.6 Å². The molecule has 0 radical (unpaired) electrons. The van der Waals surface area contributed by atoms with Gasteiger partial charge >= 0.3 is 6.03 Å². The zero-order valence-electron chi connectivity index (χ0n) is 14.0. The number of hydrogen-bond acceptors (Lipinski definition) is 4. The molecule has 0 saturated heterocycles. The van der Waals surface area contributed by atoms with Gasteiger partial charge in [-0.05, 0) is 42.5 Å². The van der Waals surface area contributed by atoms with Crippen molar-refractivity contribution in [3.05, 3.63) is 52.0 Å². The molecule has 1 aliphatic heterocycles. The Morgan fingerprint density at radius 2 is 2.23 bits per heavy atom. The van der Waals surface area contributed by atoms with Crippen LogP contribution in [-0.4, -0.2) is 18.5 Å². The Hall–Kier alpha value is -2.61. The van der Waals surface area contributed by atoms with Crippen LogP contribution >= 0.6 is 11.3 Å². The van der Waals surface area contributed by atoms with Crippen molar-refractivity contribution in [1.29, 1.82) is 0 Å². The van der Waals surface area contributed by atoms with Gasteiger partial charge in [0.05, 0.1) is 25.1 Å². The molecule has 0 fully saturated rings. The molecule has 138 valence electrons. The highest BCUT2D eigenvalue weighted by Crippen LogP contribution is 2.32. The summed E-state index contributed by atoms with van der Waals surface area (Å²) < 4.78 is 19.3. The van der Waals surface area contributed by atoms with Crippen LogP contribution in [0.4, 0.5) is 9.18 Å². The zero-order valence-corrected chi connectivity index (χ0v) is 14.9. The summed E-state index contributed by atoms with van der Waals surface area (Å²) >= 11 is 1.44. The molecule has 0 bridgehead atoms. The molecule has 0 spiro atoms. The first kappa shape index (κ1) is 18.2. The minimum absolute atomic E-state index is 0.0471. The van der Waals surface area contributed by atoms with Gasteiger partial charge in [0.15, 0.2) is 0 Å². The number of carbonyl (C=O) groups is 2. The third-order valence-corrected chi connectivity index (χ3v) is 5.16. The molecule has 26 heavy (non-hydrogen) atoms. The van der Waals surface area contributed by atoms with Gasteiger partial charge in [0.1, 0.15) is 11.6 Å². The average Bonchev–Trinajstić information content (AvgIpc) is 3.05. The third kappa shape index (κ3) is 4.51. The van der Waals surface area contributed by atoms with Crippen LogP contribution in [0.5, 0.6) is 5.75 Å². The van der Waals surface area contributed by atoms with Crippen LogP contribution in [0.25, 0.3) is 0 Å². The fourth-order valence-electron chi connectivity index (χ4n) is 3.02. The number of halogens is 1. The van der Waals surface area contributed by atoms with E-state index < -0.39 is 12.1 Å². The molecular weight excluding hydrogens is 357 g/mol. The number of nitrogens with one attached hydrogen (secondary N) is 2. The number of thiophene rings is 1. The smallest absolute Gasteiger partial charge is 0.312 e. The number of primary amides is 1. The molecule has 3 amide bonds. The Balaban J connectivity index is 1.72. The summed E-state index contributed by atoms with van der Waals surface area (Å²) in [6.45, 7) is 0.520. The summed E-state index contributed by atoms with van der Waals surface area (Å²) in [7, 11) is 0. The lowest BCUT2D eigenvalue weighted by molar-refractivity contribution is -0.122. The van der Waals surface area contributed by atoms with Crippen molar-refractivity contribution < 1.29 is 18.7 Å². The van der Waals surface area contributed by atoms with Crippen LogP contribution in [0, 0.1) is 5.82 Å². The highest BCUT2D eigenvalue weighted by molar-refractivity contribution is 7.10. The first-order chi connectivity index (χ1) is 12.5. The maximum absolute atomic E-state index is 13.6. The second kappa shape index (κ2) is 8.18. The van der Waals surface area contributed by atoms with Gasteiger partial charge < -0.3 is 21.1 Å². The van der Waals surface area contributed by atoms with Crippen LogP contribution < -0.4 is 21.1 Å². The Morgan fingerprint density at radius 1 is 1.38 bits per heavy atom. The van der Waals surface area contributed by atoms with E-state index in [0.717, 1.165) is 11.3 Å². The fourth-order valence-corrected chi connectivity index (χ4v) is 3.80. The number of hydrogen-bond donors (Lipinski definition) is 3. The first-order valence-corrected chi connectivity index (χ1v) is 9.22. The number of nitrogens with two attached hydrogens (primary N) is 1. The van der Waals surface area contributed by atoms with E-state index >= 15 is 0 Å². The van der Waals surface area contributed by atoms with Crippen molar-refractivity contribution in [2.45, 2.75) is 31.3 Å². The van der Waals surface area contributed by atoms with Gasteiger partial charge in [-0.3, -0.25) is 4.79 Å². The predicted molar refractivity (Wildman–Crippen MR) is 96.4 cm³/mol. The second-order valence-electron chi connectivity index (χ2n) is 6.07. The lowest BCUT2D eigenvalue weighted by atomic mass is 10.0. The van der Waals surface area contributed by atoms with Gasteiger partial charge in [-0.2, -0.15) is 0 Å². The van der Waals surface area contributed by atoms with Crippen molar-refractivity contribution in [3.63, 3.8) is 0 Å². The van der Waals surface area contributed by atoms with E-state index in [1.807, 2.05) is 17.5 Å². The van der Waals surface area contributed by atoms with Crippen LogP contribution in [-0.2, 0) is 4.79 Å². The van der Waals surface area contributed by atoms with Crippen molar-refractivity contribution >= 4 is 23.3 Å². The van der Waals surface area contributed by atoms with E-state index in [1.54, 1.807) is 6.07 Å². The molecular formula is C18H20FN3O3S. The summed E-state index contributed by atoms with van der Waals surface area (Å²) in [6.07, 6.45) is 1.44. The molecule has 3 rings (SSSR count). The minimum atomic E-state index is -0.688. The average molecular weight is 377 g/mol. The van der Waals surface area contributed by atoms with Crippen LogP contribution in [0.3, 0.4) is 0 Å². The van der Waals surface area contributed by atoms with Gasteiger partial charge in [0, 0.05) is 10.4 Å². The zero-order chi connectivity index (χ0) is 18.5. The predicted octanol–water partition coefficient (Wildman–Crippen LogP) is 3.02. The van der Waals surface area contributed by atoms with Crippen LogP contribution in [0.15, 0.2) is 35.7 Å². The Morgan fingerprint density at radius 3 is 2.96 bits per heavy atom. The molecule has 8 heteroatoms. The van der Waals surface area contributed by atoms with E-state index in [4.69, 9.17) is 10.5 Å². The number of urea groups is 1. The number of fused-ring (bicyclic) bond motifs is 1. The van der Waals surface area contributed by atoms with Gasteiger partial charge in [-0.15, -0.1) is 11.3 Å². The molecule has 1 aliphatic rings. The topological polar surface area (TPSA) is 93.5 Å². The molecule has 4 N–H and O–H groups in total. The Labute approximate surface area is 154 Å². The van der Waals surface area contributed by atoms with E-state index in [9.17, 15) is 14.0 Å². The van der Waals surface area contributed by atoms with Crippen LogP contribution in [0.2, 0.25) is 0 Å². The molecule has 1 aromatic heterocycles. The maximum Gasteiger partial charge on any atom is 0.312 e. The third-order valence-electron chi connectivity index (χ3n) is 4.17. The number of benzene rings is 1. The Kier molecular flexibility index (Phi) is 5.72. The summed E-state index contributed by atoms with van der Waals surface area (Å²) in [4.78, 5) is 24.7.